The highest BCUT2D eigenvalue weighted by molar-refractivity contribution is 8.00. The second kappa shape index (κ2) is 9.67. The number of hydrogen-bond donors (Lipinski definition) is 1. The fourth-order valence-electron chi connectivity index (χ4n) is 3.09. The van der Waals surface area contributed by atoms with Crippen molar-refractivity contribution in [3.63, 3.8) is 0 Å². The monoisotopic (exact) mass is 427 g/mol. The molecule has 0 aliphatic carbocycles. The molecule has 1 heterocycles. The van der Waals surface area contributed by atoms with E-state index in [4.69, 9.17) is 9.47 Å². The quantitative estimate of drug-likeness (QED) is 0.433. The first-order valence-corrected chi connectivity index (χ1v) is 10.6. The second-order valence-corrected chi connectivity index (χ2v) is 7.70. The van der Waals surface area contributed by atoms with E-state index in [9.17, 15) is 9.59 Å². The third kappa shape index (κ3) is 4.43. The predicted octanol–water partition coefficient (Wildman–Crippen LogP) is 3.94. The largest absolute Gasteiger partial charge is 0.497 e. The molecule has 0 radical (unpaired) electrons. The summed E-state index contributed by atoms with van der Waals surface area (Å²) >= 11 is 1.29. The highest BCUT2D eigenvalue weighted by Crippen LogP contribution is 2.31. The van der Waals surface area contributed by atoms with Gasteiger partial charge in [0.05, 0.1) is 36.1 Å². The van der Waals surface area contributed by atoms with Gasteiger partial charge in [-0.25, -0.2) is 4.98 Å². The number of hydrogen-bond acceptors (Lipinski definition) is 6. The molecule has 0 fully saturated rings. The van der Waals surface area contributed by atoms with Crippen LogP contribution in [0, 0.1) is 0 Å². The summed E-state index contributed by atoms with van der Waals surface area (Å²) in [6, 6.07) is 12.5. The number of benzene rings is 2. The summed E-state index contributed by atoms with van der Waals surface area (Å²) in [6.07, 6.45) is 0.565. The van der Waals surface area contributed by atoms with Gasteiger partial charge in [-0.05, 0) is 37.6 Å². The van der Waals surface area contributed by atoms with Gasteiger partial charge in [0.25, 0.3) is 5.56 Å². The molecule has 30 heavy (non-hydrogen) atoms. The zero-order valence-corrected chi connectivity index (χ0v) is 18.3. The number of methoxy groups -OCH3 is 2. The number of nitrogens with one attached hydrogen (secondary N) is 1. The Hall–Kier alpha value is -3.00. The molecule has 0 spiro atoms. The molecule has 0 saturated carbocycles. The fourth-order valence-corrected chi connectivity index (χ4v) is 4.17. The molecule has 1 amide bonds. The van der Waals surface area contributed by atoms with Crippen molar-refractivity contribution in [3.8, 4) is 11.5 Å². The average Bonchev–Trinajstić information content (AvgIpc) is 2.77. The average molecular weight is 428 g/mol. The minimum atomic E-state index is -0.438. The van der Waals surface area contributed by atoms with E-state index in [-0.39, 0.29) is 11.5 Å². The van der Waals surface area contributed by atoms with Crippen molar-refractivity contribution in [3.05, 3.63) is 52.8 Å². The lowest BCUT2D eigenvalue weighted by Crippen LogP contribution is -2.28. The van der Waals surface area contributed by atoms with Crippen molar-refractivity contribution >= 4 is 34.3 Å². The van der Waals surface area contributed by atoms with Crippen LogP contribution in [-0.4, -0.2) is 34.9 Å². The van der Waals surface area contributed by atoms with Gasteiger partial charge in [-0.15, -0.1) is 0 Å². The third-order valence-electron chi connectivity index (χ3n) is 4.72. The van der Waals surface area contributed by atoms with E-state index in [0.717, 1.165) is 0 Å². The molecular formula is C22H25N3O4S. The fraction of sp³-hybridized carbons (Fsp3) is 0.318. The van der Waals surface area contributed by atoms with Crippen LogP contribution in [0.5, 0.6) is 11.5 Å². The predicted molar refractivity (Wildman–Crippen MR) is 120 cm³/mol. The first-order chi connectivity index (χ1) is 14.5. The van der Waals surface area contributed by atoms with Crippen molar-refractivity contribution in [2.75, 3.05) is 19.5 Å². The number of amides is 1. The molecule has 2 aromatic carbocycles. The molecule has 0 bridgehead atoms. The van der Waals surface area contributed by atoms with E-state index in [1.165, 1.54) is 11.8 Å². The summed E-state index contributed by atoms with van der Waals surface area (Å²) in [7, 11) is 3.11. The maximum absolute atomic E-state index is 13.0. The Morgan fingerprint density at radius 1 is 1.17 bits per heavy atom. The van der Waals surface area contributed by atoms with Crippen LogP contribution in [0.25, 0.3) is 10.9 Å². The van der Waals surface area contributed by atoms with Gasteiger partial charge in [0.1, 0.15) is 11.5 Å². The lowest BCUT2D eigenvalue weighted by atomic mass is 10.2. The lowest BCUT2D eigenvalue weighted by molar-refractivity contribution is -0.115. The smallest absolute Gasteiger partial charge is 0.262 e. The summed E-state index contributed by atoms with van der Waals surface area (Å²) in [5.41, 5.74) is 1.05. The van der Waals surface area contributed by atoms with Crippen molar-refractivity contribution in [2.45, 2.75) is 37.2 Å². The molecule has 8 heteroatoms. The molecule has 1 unspecified atom stereocenters. The Balaban J connectivity index is 1.90. The number of thioether (sulfide) groups is 1. The summed E-state index contributed by atoms with van der Waals surface area (Å²) in [5, 5.41) is 3.58. The van der Waals surface area contributed by atoms with E-state index in [1.807, 2.05) is 32.0 Å². The third-order valence-corrected chi connectivity index (χ3v) is 6.07. The van der Waals surface area contributed by atoms with Crippen LogP contribution < -0.4 is 20.3 Å². The highest BCUT2D eigenvalue weighted by atomic mass is 32.2. The summed E-state index contributed by atoms with van der Waals surface area (Å²) in [4.78, 5) is 30.5. The van der Waals surface area contributed by atoms with Crippen LogP contribution in [0.3, 0.4) is 0 Å². The van der Waals surface area contributed by atoms with Crippen LogP contribution in [0.15, 0.2) is 52.4 Å². The molecule has 0 saturated heterocycles. The minimum Gasteiger partial charge on any atom is -0.497 e. The van der Waals surface area contributed by atoms with Gasteiger partial charge in [0.2, 0.25) is 5.91 Å². The number of para-hydroxylation sites is 1. The van der Waals surface area contributed by atoms with Crippen LogP contribution >= 0.6 is 11.8 Å². The zero-order chi connectivity index (χ0) is 21.7. The Bertz CT molecular complexity index is 1110. The van der Waals surface area contributed by atoms with Gasteiger partial charge in [-0.1, -0.05) is 30.8 Å². The normalized spacial score (nSPS) is 11.9. The molecule has 1 N–H and O–H groups in total. The van der Waals surface area contributed by atoms with Gasteiger partial charge < -0.3 is 14.8 Å². The summed E-state index contributed by atoms with van der Waals surface area (Å²) in [6.45, 7) is 4.29. The molecule has 3 aromatic rings. The van der Waals surface area contributed by atoms with Crippen molar-refractivity contribution in [2.24, 2.45) is 0 Å². The Labute approximate surface area is 179 Å². The van der Waals surface area contributed by atoms with Crippen LogP contribution in [-0.2, 0) is 11.3 Å². The first-order valence-electron chi connectivity index (χ1n) is 9.71. The van der Waals surface area contributed by atoms with E-state index in [1.54, 1.807) is 43.1 Å². The number of ether oxygens (including phenoxy) is 2. The molecule has 0 aliphatic heterocycles. The second-order valence-electron chi connectivity index (χ2n) is 6.53. The molecule has 1 atom stereocenters. The van der Waals surface area contributed by atoms with Gasteiger partial charge in [-0.3, -0.25) is 14.2 Å². The SMILES string of the molecule is CCC(Sc1nc2ccccc2c(=O)n1CC)C(=O)Nc1cc(OC)ccc1OC. The molecular weight excluding hydrogens is 402 g/mol. The van der Waals surface area contributed by atoms with Crippen molar-refractivity contribution in [1.29, 1.82) is 0 Å². The van der Waals surface area contributed by atoms with Crippen molar-refractivity contribution < 1.29 is 14.3 Å². The van der Waals surface area contributed by atoms with Crippen LogP contribution in [0.1, 0.15) is 20.3 Å². The maximum atomic E-state index is 13.0. The van der Waals surface area contributed by atoms with Crippen LogP contribution in [0.2, 0.25) is 0 Å². The van der Waals surface area contributed by atoms with E-state index in [2.05, 4.69) is 10.3 Å². The number of carbonyl (C=O) groups is 1. The minimum absolute atomic E-state index is 0.102. The number of rotatable bonds is 8. The number of anilines is 1. The lowest BCUT2D eigenvalue weighted by Gasteiger charge is -2.18. The standard InChI is InChI=1S/C22H25N3O4S/c1-5-19(20(26)23-17-13-14(28-3)11-12-18(17)29-4)30-22-24-16-10-8-7-9-15(16)21(27)25(22)6-2/h7-13,19H,5-6H2,1-4H3,(H,23,26). The molecule has 158 valence electrons. The Morgan fingerprint density at radius 3 is 2.60 bits per heavy atom. The number of fused-ring (bicyclic) bond motifs is 1. The van der Waals surface area contributed by atoms with E-state index < -0.39 is 5.25 Å². The first kappa shape index (κ1) is 21.7. The van der Waals surface area contributed by atoms with Crippen LogP contribution in [0.4, 0.5) is 5.69 Å². The topological polar surface area (TPSA) is 82.5 Å². The van der Waals surface area contributed by atoms with Gasteiger partial charge in [-0.2, -0.15) is 0 Å². The Kier molecular flexibility index (Phi) is 6.99. The van der Waals surface area contributed by atoms with Crippen molar-refractivity contribution in [1.82, 2.24) is 9.55 Å². The van der Waals surface area contributed by atoms with E-state index in [0.29, 0.717) is 46.2 Å². The van der Waals surface area contributed by atoms with Gasteiger partial charge in [0.15, 0.2) is 5.16 Å². The van der Waals surface area contributed by atoms with E-state index >= 15 is 0 Å². The highest BCUT2D eigenvalue weighted by Gasteiger charge is 2.23. The molecule has 3 rings (SSSR count). The maximum Gasteiger partial charge on any atom is 0.262 e. The number of nitrogens with zero attached hydrogens (tertiary/aromatic N) is 2. The molecule has 7 nitrogen and oxygen atoms in total. The van der Waals surface area contributed by atoms with Gasteiger partial charge >= 0.3 is 0 Å². The molecule has 1 aromatic heterocycles. The Morgan fingerprint density at radius 2 is 1.93 bits per heavy atom. The number of aromatic nitrogens is 2. The van der Waals surface area contributed by atoms with Gasteiger partial charge in [0, 0.05) is 12.6 Å². The summed E-state index contributed by atoms with van der Waals surface area (Å²) < 4.78 is 12.2. The number of carbonyl (C=O) groups excluding carboxylic acids is 1. The summed E-state index contributed by atoms with van der Waals surface area (Å²) in [5.74, 6) is 0.959. The molecule has 0 aliphatic rings. The zero-order valence-electron chi connectivity index (χ0n) is 17.5.